The number of rotatable bonds is 7. The van der Waals surface area contributed by atoms with Crippen LogP contribution in [0, 0.1) is 12.7 Å². The Morgan fingerprint density at radius 2 is 2.00 bits per heavy atom. The summed E-state index contributed by atoms with van der Waals surface area (Å²) in [5, 5.41) is 6.80. The molecule has 0 bridgehead atoms. The third-order valence-corrected chi connectivity index (χ3v) is 7.46. The first kappa shape index (κ1) is 24.1. The highest BCUT2D eigenvalue weighted by Gasteiger charge is 2.30. The third-order valence-electron chi connectivity index (χ3n) is 6.66. The van der Waals surface area contributed by atoms with Crippen molar-refractivity contribution in [1.29, 1.82) is 0 Å². The number of halogens is 1. The van der Waals surface area contributed by atoms with Crippen molar-refractivity contribution < 1.29 is 14.0 Å². The molecule has 4 N–H and O–H groups in total. The summed E-state index contributed by atoms with van der Waals surface area (Å²) >= 11 is 1.25. The van der Waals surface area contributed by atoms with Crippen LogP contribution in [0.1, 0.15) is 70.6 Å². The standard InChI is InChI=1S/C25H28FN7O2S/c1-13-9-21(36-32-13)31-24-22(23(27)34)28-11-20(30-24)33-12-17(7-3-14(33)2)29-25(35)18-8-6-16(10-19(18)26)15-4-5-15/h6,8-11,14-15,17H,3-5,7,12H2,1-2H3,(H2,27,34)(H,29,35)(H,30,31)/t14-,17+/m0/s1. The number of carbonyl (C=O) groups is 2. The maximum absolute atomic E-state index is 14.6. The monoisotopic (exact) mass is 509 g/mol. The molecule has 2 amide bonds. The molecule has 9 nitrogen and oxygen atoms in total. The zero-order valence-corrected chi connectivity index (χ0v) is 20.9. The van der Waals surface area contributed by atoms with Gasteiger partial charge in [-0.1, -0.05) is 6.07 Å². The molecule has 0 radical (unpaired) electrons. The number of hydrogen-bond acceptors (Lipinski definition) is 8. The van der Waals surface area contributed by atoms with Crippen LogP contribution in [0.5, 0.6) is 0 Å². The van der Waals surface area contributed by atoms with E-state index in [-0.39, 0.29) is 29.2 Å². The van der Waals surface area contributed by atoms with E-state index in [2.05, 4.69) is 31.9 Å². The minimum absolute atomic E-state index is 0.0319. The van der Waals surface area contributed by atoms with Crippen molar-refractivity contribution in [1.82, 2.24) is 19.7 Å². The maximum Gasteiger partial charge on any atom is 0.271 e. The van der Waals surface area contributed by atoms with E-state index in [9.17, 15) is 14.0 Å². The van der Waals surface area contributed by atoms with Gasteiger partial charge in [-0.25, -0.2) is 14.4 Å². The van der Waals surface area contributed by atoms with E-state index in [1.165, 1.54) is 23.8 Å². The molecule has 11 heteroatoms. The van der Waals surface area contributed by atoms with Crippen LogP contribution in [0.4, 0.5) is 21.0 Å². The molecular weight excluding hydrogens is 481 g/mol. The number of aromatic nitrogens is 3. The Morgan fingerprint density at radius 1 is 1.19 bits per heavy atom. The number of carbonyl (C=O) groups excluding carboxylic acids is 2. The highest BCUT2D eigenvalue weighted by Crippen LogP contribution is 2.40. The van der Waals surface area contributed by atoms with Gasteiger partial charge in [-0.05, 0) is 80.7 Å². The Morgan fingerprint density at radius 3 is 2.67 bits per heavy atom. The topological polar surface area (TPSA) is 126 Å². The van der Waals surface area contributed by atoms with Gasteiger partial charge in [0.1, 0.15) is 16.6 Å². The molecule has 1 saturated carbocycles. The van der Waals surface area contributed by atoms with Gasteiger partial charge < -0.3 is 21.3 Å². The number of aryl methyl sites for hydroxylation is 1. The second-order valence-electron chi connectivity index (χ2n) is 9.51. The molecule has 1 aliphatic carbocycles. The summed E-state index contributed by atoms with van der Waals surface area (Å²) in [7, 11) is 0. The van der Waals surface area contributed by atoms with Gasteiger partial charge >= 0.3 is 0 Å². The number of hydrogen-bond donors (Lipinski definition) is 3. The van der Waals surface area contributed by atoms with Gasteiger partial charge in [0.25, 0.3) is 11.8 Å². The van der Waals surface area contributed by atoms with E-state index in [1.807, 2.05) is 24.0 Å². The molecule has 1 aromatic carbocycles. The number of nitrogens with zero attached hydrogens (tertiary/aromatic N) is 4. The van der Waals surface area contributed by atoms with E-state index in [1.54, 1.807) is 6.07 Å². The predicted octanol–water partition coefficient (Wildman–Crippen LogP) is 3.89. The largest absolute Gasteiger partial charge is 0.364 e. The van der Waals surface area contributed by atoms with Crippen LogP contribution in [-0.2, 0) is 0 Å². The van der Waals surface area contributed by atoms with Crippen molar-refractivity contribution in [3.05, 3.63) is 58.8 Å². The van der Waals surface area contributed by atoms with Crippen LogP contribution in [0.25, 0.3) is 0 Å². The number of primary amides is 1. The van der Waals surface area contributed by atoms with Crippen LogP contribution in [0.3, 0.4) is 0 Å². The maximum atomic E-state index is 14.6. The average Bonchev–Trinajstić information content (AvgIpc) is 3.62. The highest BCUT2D eigenvalue weighted by molar-refractivity contribution is 7.10. The summed E-state index contributed by atoms with van der Waals surface area (Å²) in [6, 6.07) is 6.68. The molecule has 3 aromatic rings. The molecule has 0 spiro atoms. The fourth-order valence-corrected chi connectivity index (χ4v) is 5.18. The molecule has 1 saturated heterocycles. The zero-order chi connectivity index (χ0) is 25.4. The predicted molar refractivity (Wildman–Crippen MR) is 136 cm³/mol. The Hall–Kier alpha value is -3.60. The van der Waals surface area contributed by atoms with Gasteiger partial charge in [-0.3, -0.25) is 9.59 Å². The third kappa shape index (κ3) is 5.15. The van der Waals surface area contributed by atoms with Crippen molar-refractivity contribution >= 4 is 40.0 Å². The lowest BCUT2D eigenvalue weighted by molar-refractivity contribution is 0.0925. The normalized spacial score (nSPS) is 19.7. The van der Waals surface area contributed by atoms with Gasteiger partial charge in [0.2, 0.25) is 0 Å². The van der Waals surface area contributed by atoms with Crippen molar-refractivity contribution in [3.63, 3.8) is 0 Å². The lowest BCUT2D eigenvalue weighted by Gasteiger charge is -2.39. The lowest BCUT2D eigenvalue weighted by atomic mass is 9.98. The highest BCUT2D eigenvalue weighted by atomic mass is 32.1. The number of nitrogens with one attached hydrogen (secondary N) is 2. The first-order valence-corrected chi connectivity index (χ1v) is 12.8. The van der Waals surface area contributed by atoms with Crippen molar-refractivity contribution in [2.75, 3.05) is 16.8 Å². The molecular formula is C25H28FN7O2S. The quantitative estimate of drug-likeness (QED) is 0.441. The van der Waals surface area contributed by atoms with Crippen LogP contribution < -0.4 is 21.3 Å². The second kappa shape index (κ2) is 9.81. The molecule has 0 unspecified atom stereocenters. The van der Waals surface area contributed by atoms with E-state index < -0.39 is 17.6 Å². The number of benzene rings is 1. The van der Waals surface area contributed by atoms with Crippen LogP contribution >= 0.6 is 11.5 Å². The summed E-state index contributed by atoms with van der Waals surface area (Å²) < 4.78 is 18.9. The number of nitrogens with two attached hydrogens (primary N) is 1. The number of piperidine rings is 1. The van der Waals surface area contributed by atoms with E-state index >= 15 is 0 Å². The van der Waals surface area contributed by atoms with Gasteiger partial charge in [-0.2, -0.15) is 4.37 Å². The molecule has 2 atom stereocenters. The van der Waals surface area contributed by atoms with E-state index in [4.69, 9.17) is 5.73 Å². The minimum atomic E-state index is -0.690. The number of amides is 2. The molecule has 188 valence electrons. The first-order valence-electron chi connectivity index (χ1n) is 12.0. The lowest BCUT2D eigenvalue weighted by Crippen LogP contribution is -2.51. The Kier molecular flexibility index (Phi) is 6.57. The molecule has 3 heterocycles. The van der Waals surface area contributed by atoms with Gasteiger partial charge in [0.05, 0.1) is 17.5 Å². The molecule has 5 rings (SSSR count). The van der Waals surface area contributed by atoms with Gasteiger partial charge in [0, 0.05) is 18.6 Å². The Balaban J connectivity index is 1.33. The fourth-order valence-electron chi connectivity index (χ4n) is 4.52. The van der Waals surface area contributed by atoms with Crippen LogP contribution in [0.15, 0.2) is 30.5 Å². The summed E-state index contributed by atoms with van der Waals surface area (Å²) in [6.45, 7) is 4.41. The minimum Gasteiger partial charge on any atom is -0.364 e. The molecule has 1 aliphatic heterocycles. The first-order chi connectivity index (χ1) is 17.3. The molecule has 36 heavy (non-hydrogen) atoms. The van der Waals surface area contributed by atoms with Crippen molar-refractivity contribution in [2.24, 2.45) is 5.73 Å². The van der Waals surface area contributed by atoms with Gasteiger partial charge in [-0.15, -0.1) is 0 Å². The fraction of sp³-hybridized carbons (Fsp3) is 0.400. The van der Waals surface area contributed by atoms with Crippen molar-refractivity contribution in [2.45, 2.75) is 57.5 Å². The summed E-state index contributed by atoms with van der Waals surface area (Å²) in [5.74, 6) is -0.377. The summed E-state index contributed by atoms with van der Waals surface area (Å²) in [4.78, 5) is 35.8. The van der Waals surface area contributed by atoms with Gasteiger partial charge in [0.15, 0.2) is 11.5 Å². The molecule has 2 aliphatic rings. The van der Waals surface area contributed by atoms with Crippen molar-refractivity contribution in [3.8, 4) is 0 Å². The van der Waals surface area contributed by atoms with E-state index in [0.717, 1.165) is 36.9 Å². The van der Waals surface area contributed by atoms with E-state index in [0.29, 0.717) is 23.3 Å². The second-order valence-corrected chi connectivity index (χ2v) is 10.3. The Bertz CT molecular complexity index is 1310. The molecule has 2 fully saturated rings. The zero-order valence-electron chi connectivity index (χ0n) is 20.1. The van der Waals surface area contributed by atoms with Crippen LogP contribution in [0.2, 0.25) is 0 Å². The van der Waals surface area contributed by atoms with Crippen LogP contribution in [-0.4, -0.2) is 44.8 Å². The average molecular weight is 510 g/mol. The SMILES string of the molecule is Cc1cc(Nc2nc(N3C[C@H](NC(=O)c4ccc(C5CC5)cc4F)CC[C@@H]3C)cnc2C(N)=O)sn1. The number of anilines is 3. The summed E-state index contributed by atoms with van der Waals surface area (Å²) in [5.41, 5.74) is 7.40. The Labute approximate surface area is 212 Å². The summed E-state index contributed by atoms with van der Waals surface area (Å²) in [6.07, 6.45) is 5.21. The molecule has 2 aromatic heterocycles. The smallest absolute Gasteiger partial charge is 0.271 e.